The van der Waals surface area contributed by atoms with Crippen LogP contribution in [0.15, 0.2) is 24.3 Å². The summed E-state index contributed by atoms with van der Waals surface area (Å²) in [6.07, 6.45) is 0. The Morgan fingerprint density at radius 3 is 2.74 bits per heavy atom. The van der Waals surface area contributed by atoms with Crippen molar-refractivity contribution in [1.82, 2.24) is 19.2 Å². The van der Waals surface area contributed by atoms with E-state index in [2.05, 4.69) is 53.1 Å². The van der Waals surface area contributed by atoms with Crippen LogP contribution in [0, 0.1) is 4.77 Å². The van der Waals surface area contributed by atoms with Gasteiger partial charge in [-0.3, -0.25) is 4.90 Å². The fraction of sp³-hybridized carbons (Fsp3) is 0.500. The zero-order valence-corrected chi connectivity index (χ0v) is 14.6. The third-order valence-corrected chi connectivity index (χ3v) is 5.01. The van der Waals surface area contributed by atoms with Gasteiger partial charge in [-0.1, -0.05) is 18.2 Å². The highest BCUT2D eigenvalue weighted by Gasteiger charge is 2.24. The maximum absolute atomic E-state index is 9.36. The molecule has 0 radical (unpaired) electrons. The molecule has 124 valence electrons. The molecule has 2 heterocycles. The van der Waals surface area contributed by atoms with Gasteiger partial charge in [-0.2, -0.15) is 5.10 Å². The zero-order valence-electron chi connectivity index (χ0n) is 13.8. The molecule has 0 amide bonds. The molecule has 0 saturated carbocycles. The van der Waals surface area contributed by atoms with E-state index in [4.69, 9.17) is 12.2 Å². The lowest BCUT2D eigenvalue weighted by molar-refractivity contribution is 0.149. The molecule has 3 rings (SSSR count). The fourth-order valence-electron chi connectivity index (χ4n) is 3.13. The first-order valence-electron chi connectivity index (χ1n) is 7.78. The van der Waals surface area contributed by atoms with Gasteiger partial charge in [-0.15, -0.1) is 0 Å². The van der Waals surface area contributed by atoms with Crippen molar-refractivity contribution in [2.24, 2.45) is 7.05 Å². The molecule has 1 aliphatic rings. The van der Waals surface area contributed by atoms with E-state index in [0.29, 0.717) is 23.3 Å². The van der Waals surface area contributed by atoms with Gasteiger partial charge >= 0.3 is 0 Å². The van der Waals surface area contributed by atoms with Crippen molar-refractivity contribution in [3.05, 3.63) is 40.4 Å². The molecule has 2 aromatic rings. The Morgan fingerprint density at radius 2 is 2.04 bits per heavy atom. The minimum Gasteiger partial charge on any atom is -0.388 e. The van der Waals surface area contributed by atoms with Crippen LogP contribution in [-0.2, 0) is 26.9 Å². The van der Waals surface area contributed by atoms with Crippen molar-refractivity contribution < 1.29 is 5.11 Å². The first-order chi connectivity index (χ1) is 11.0. The Morgan fingerprint density at radius 1 is 1.30 bits per heavy atom. The number of aromatic nitrogens is 3. The first kappa shape index (κ1) is 16.2. The summed E-state index contributed by atoms with van der Waals surface area (Å²) in [6, 6.07) is 8.87. The lowest BCUT2D eigenvalue weighted by atomic mass is 10.1. The van der Waals surface area contributed by atoms with Crippen molar-refractivity contribution in [2.45, 2.75) is 32.8 Å². The second kappa shape index (κ2) is 6.43. The van der Waals surface area contributed by atoms with Gasteiger partial charge in [0.1, 0.15) is 6.61 Å². The molecule has 0 fully saturated rings. The molecule has 0 aliphatic carbocycles. The van der Waals surface area contributed by atoms with Gasteiger partial charge in [0.05, 0.1) is 6.67 Å². The Bertz CT molecular complexity index is 753. The van der Waals surface area contributed by atoms with Gasteiger partial charge < -0.3 is 14.6 Å². The third kappa shape index (κ3) is 3.04. The summed E-state index contributed by atoms with van der Waals surface area (Å²) in [6.45, 7) is 4.55. The van der Waals surface area contributed by atoms with Crippen molar-refractivity contribution in [2.75, 3.05) is 18.5 Å². The SMILES string of the molecule is CC1CN(C)c2ccccc2CN1Cn1nc(CO)n(C)c1=S. The first-order valence-corrected chi connectivity index (χ1v) is 8.18. The molecule has 1 unspecified atom stereocenters. The number of nitrogens with zero attached hydrogens (tertiary/aromatic N) is 5. The number of fused-ring (bicyclic) bond motifs is 1. The van der Waals surface area contributed by atoms with Crippen LogP contribution in [0.3, 0.4) is 0 Å². The minimum absolute atomic E-state index is 0.103. The summed E-state index contributed by atoms with van der Waals surface area (Å²) in [4.78, 5) is 4.67. The van der Waals surface area contributed by atoms with Crippen LogP contribution in [-0.4, -0.2) is 44.0 Å². The number of benzene rings is 1. The van der Waals surface area contributed by atoms with Gasteiger partial charge in [0, 0.05) is 38.9 Å². The standard InChI is InChI=1S/C16H23N5OS/c1-12-8-18(2)14-7-5-4-6-13(14)9-20(12)11-21-16(23)19(3)15(10-22)17-21/h4-7,12,22H,8-11H2,1-3H3. The topological polar surface area (TPSA) is 49.5 Å². The molecule has 1 aromatic carbocycles. The van der Waals surface area contributed by atoms with Crippen LogP contribution < -0.4 is 4.90 Å². The summed E-state index contributed by atoms with van der Waals surface area (Å²) in [5.74, 6) is 0.593. The lowest BCUT2D eigenvalue weighted by Crippen LogP contribution is -2.39. The van der Waals surface area contributed by atoms with Gasteiger partial charge in [0.2, 0.25) is 0 Å². The molecular formula is C16H23N5OS. The zero-order chi connectivity index (χ0) is 16.6. The Hall–Kier alpha value is -1.70. The van der Waals surface area contributed by atoms with Gasteiger partial charge in [-0.05, 0) is 30.8 Å². The average Bonchev–Trinajstić information content (AvgIpc) is 2.75. The highest BCUT2D eigenvalue weighted by molar-refractivity contribution is 7.71. The van der Waals surface area contributed by atoms with E-state index in [1.807, 2.05) is 7.05 Å². The molecule has 6 nitrogen and oxygen atoms in total. The normalized spacial score (nSPS) is 18.8. The van der Waals surface area contributed by atoms with Crippen molar-refractivity contribution in [1.29, 1.82) is 0 Å². The van der Waals surface area contributed by atoms with Crippen LogP contribution in [0.25, 0.3) is 0 Å². The maximum atomic E-state index is 9.36. The van der Waals surface area contributed by atoms with Crippen LogP contribution in [0.4, 0.5) is 5.69 Å². The molecular weight excluding hydrogens is 310 g/mol. The molecule has 1 aromatic heterocycles. The number of aliphatic hydroxyl groups excluding tert-OH is 1. The van der Waals surface area contributed by atoms with E-state index in [-0.39, 0.29) is 6.61 Å². The highest BCUT2D eigenvalue weighted by atomic mass is 32.1. The van der Waals surface area contributed by atoms with E-state index < -0.39 is 0 Å². The van der Waals surface area contributed by atoms with Crippen LogP contribution >= 0.6 is 12.2 Å². The number of rotatable bonds is 3. The van der Waals surface area contributed by atoms with E-state index in [1.165, 1.54) is 11.3 Å². The predicted molar refractivity (Wildman–Crippen MR) is 92.7 cm³/mol. The largest absolute Gasteiger partial charge is 0.388 e. The number of hydrogen-bond donors (Lipinski definition) is 1. The monoisotopic (exact) mass is 333 g/mol. The minimum atomic E-state index is -0.103. The number of anilines is 1. The van der Waals surface area contributed by atoms with Crippen molar-refractivity contribution in [3.63, 3.8) is 0 Å². The second-order valence-corrected chi connectivity index (χ2v) is 6.53. The summed E-state index contributed by atoms with van der Waals surface area (Å²) < 4.78 is 4.19. The van der Waals surface area contributed by atoms with Gasteiger partial charge in [0.25, 0.3) is 0 Å². The van der Waals surface area contributed by atoms with Gasteiger partial charge in [0.15, 0.2) is 10.6 Å². The molecule has 0 bridgehead atoms. The molecule has 0 spiro atoms. The van der Waals surface area contributed by atoms with Crippen LogP contribution in [0.5, 0.6) is 0 Å². The molecule has 7 heteroatoms. The van der Waals surface area contributed by atoms with Crippen molar-refractivity contribution >= 4 is 17.9 Å². The highest BCUT2D eigenvalue weighted by Crippen LogP contribution is 2.26. The van der Waals surface area contributed by atoms with Crippen LogP contribution in [0.1, 0.15) is 18.3 Å². The fourth-order valence-corrected chi connectivity index (χ4v) is 3.33. The molecule has 1 aliphatic heterocycles. The molecule has 1 N–H and O–H groups in total. The molecule has 1 atom stereocenters. The second-order valence-electron chi connectivity index (χ2n) is 6.16. The summed E-state index contributed by atoms with van der Waals surface area (Å²) in [7, 11) is 3.97. The van der Waals surface area contributed by atoms with E-state index in [9.17, 15) is 5.11 Å². The predicted octanol–water partition coefficient (Wildman–Crippen LogP) is 1.74. The maximum Gasteiger partial charge on any atom is 0.198 e. The van der Waals surface area contributed by atoms with Crippen molar-refractivity contribution in [3.8, 4) is 0 Å². The number of aliphatic hydroxyl groups is 1. The van der Waals surface area contributed by atoms with E-state index in [0.717, 1.165) is 13.1 Å². The summed E-state index contributed by atoms with van der Waals surface area (Å²) in [5, 5.41) is 13.8. The van der Waals surface area contributed by atoms with E-state index in [1.54, 1.807) is 9.25 Å². The molecule has 0 saturated heterocycles. The number of para-hydroxylation sites is 1. The summed E-state index contributed by atoms with van der Waals surface area (Å²) in [5.41, 5.74) is 2.59. The Kier molecular flexibility index (Phi) is 4.52. The quantitative estimate of drug-likeness (QED) is 0.867. The Balaban J connectivity index is 1.90. The average molecular weight is 333 g/mol. The van der Waals surface area contributed by atoms with Crippen LogP contribution in [0.2, 0.25) is 0 Å². The smallest absolute Gasteiger partial charge is 0.198 e. The Labute approximate surface area is 141 Å². The van der Waals surface area contributed by atoms with E-state index >= 15 is 0 Å². The number of hydrogen-bond acceptors (Lipinski definition) is 5. The van der Waals surface area contributed by atoms with Gasteiger partial charge in [-0.25, -0.2) is 4.68 Å². The molecule has 23 heavy (non-hydrogen) atoms. The summed E-state index contributed by atoms with van der Waals surface area (Å²) >= 11 is 5.44. The lowest BCUT2D eigenvalue weighted by Gasteiger charge is -2.28. The third-order valence-electron chi connectivity index (χ3n) is 4.53. The number of likely N-dealkylation sites (N-methyl/N-ethyl adjacent to an activating group) is 1.